The Morgan fingerprint density at radius 3 is 2.39 bits per heavy atom. The molecule has 0 atom stereocenters. The molecule has 0 unspecified atom stereocenters. The number of nitrogens with one attached hydrogen (secondary N) is 1. The van der Waals surface area contributed by atoms with E-state index in [9.17, 15) is 0 Å². The molecule has 3 nitrogen and oxygen atoms in total. The lowest BCUT2D eigenvalue weighted by Crippen LogP contribution is -1.90. The van der Waals surface area contributed by atoms with Crippen molar-refractivity contribution in [1.29, 1.82) is 0 Å². The summed E-state index contributed by atoms with van der Waals surface area (Å²) in [5, 5.41) is 0. The van der Waals surface area contributed by atoms with Crippen molar-refractivity contribution in [2.75, 3.05) is 0 Å². The molecule has 0 amide bonds. The summed E-state index contributed by atoms with van der Waals surface area (Å²) in [5.41, 5.74) is 5.44. The largest absolute Gasteiger partial charge is 0.351 e. The third-order valence-corrected chi connectivity index (χ3v) is 3.05. The van der Waals surface area contributed by atoms with Crippen LogP contribution in [0.5, 0.6) is 0 Å². The van der Waals surface area contributed by atoms with Gasteiger partial charge in [-0.15, -0.1) is 0 Å². The van der Waals surface area contributed by atoms with E-state index in [-0.39, 0.29) is 0 Å². The minimum Gasteiger partial charge on any atom is -0.351 e. The molecule has 18 heavy (non-hydrogen) atoms. The zero-order chi connectivity index (χ0) is 12.4. The summed E-state index contributed by atoms with van der Waals surface area (Å²) in [5.74, 6) is 0. The van der Waals surface area contributed by atoms with E-state index in [1.54, 1.807) is 6.33 Å². The number of hydrogen-bond donors (Lipinski definition) is 1. The van der Waals surface area contributed by atoms with Crippen molar-refractivity contribution < 1.29 is 0 Å². The van der Waals surface area contributed by atoms with Gasteiger partial charge < -0.3 is 4.98 Å². The molecule has 0 spiro atoms. The van der Waals surface area contributed by atoms with E-state index in [2.05, 4.69) is 34.0 Å². The molecule has 1 N–H and O–H groups in total. The third kappa shape index (κ3) is 1.80. The van der Waals surface area contributed by atoms with Crippen molar-refractivity contribution in [3.63, 3.8) is 0 Å². The van der Waals surface area contributed by atoms with Crippen molar-refractivity contribution in [3.05, 3.63) is 60.7 Å². The molecule has 0 aliphatic heterocycles. The smallest absolute Gasteiger partial charge is 0.0927 e. The second-order valence-electron chi connectivity index (χ2n) is 4.15. The molecule has 3 heteroatoms. The van der Waals surface area contributed by atoms with Crippen molar-refractivity contribution in [1.82, 2.24) is 15.0 Å². The Kier molecular flexibility index (Phi) is 2.65. The molecule has 0 fully saturated rings. The summed E-state index contributed by atoms with van der Waals surface area (Å²) in [7, 11) is 0. The number of nitrogens with zero attached hydrogens (tertiary/aromatic N) is 2. The highest BCUT2D eigenvalue weighted by Crippen LogP contribution is 2.29. The zero-order valence-corrected chi connectivity index (χ0v) is 10.1. The average molecular weight is 235 g/mol. The van der Waals surface area contributed by atoms with Gasteiger partial charge in [-0.1, -0.05) is 24.3 Å². The summed E-state index contributed by atoms with van der Waals surface area (Å²) < 4.78 is 0. The summed E-state index contributed by atoms with van der Waals surface area (Å²) in [6.07, 6.45) is 5.42. The Morgan fingerprint density at radius 2 is 1.72 bits per heavy atom. The van der Waals surface area contributed by atoms with Gasteiger partial charge in [-0.25, -0.2) is 4.98 Å². The number of benzene rings is 1. The van der Waals surface area contributed by atoms with Crippen LogP contribution in [-0.2, 0) is 0 Å². The molecule has 0 saturated heterocycles. The highest BCUT2D eigenvalue weighted by atomic mass is 14.9. The first-order chi connectivity index (χ1) is 8.86. The predicted octanol–water partition coefficient (Wildman–Crippen LogP) is 3.45. The van der Waals surface area contributed by atoms with Crippen LogP contribution in [0, 0.1) is 6.92 Å². The van der Waals surface area contributed by atoms with E-state index in [0.29, 0.717) is 0 Å². The number of imidazole rings is 1. The number of rotatable bonds is 2. The highest BCUT2D eigenvalue weighted by Gasteiger charge is 2.09. The van der Waals surface area contributed by atoms with Gasteiger partial charge in [-0.05, 0) is 24.6 Å². The van der Waals surface area contributed by atoms with Gasteiger partial charge in [0.2, 0.25) is 0 Å². The maximum atomic E-state index is 4.40. The van der Waals surface area contributed by atoms with Crippen molar-refractivity contribution in [2.45, 2.75) is 6.92 Å². The lowest BCUT2D eigenvalue weighted by Gasteiger charge is -2.09. The maximum Gasteiger partial charge on any atom is 0.0927 e. The molecular weight excluding hydrogens is 222 g/mol. The SMILES string of the molecule is Cc1c(-c2ccccn2)cccc1-c1c[nH]cn1. The number of aromatic amines is 1. The van der Waals surface area contributed by atoms with Gasteiger partial charge in [0, 0.05) is 23.5 Å². The number of H-pyrrole nitrogens is 1. The van der Waals surface area contributed by atoms with Crippen molar-refractivity contribution in [3.8, 4) is 22.5 Å². The van der Waals surface area contributed by atoms with Crippen LogP contribution >= 0.6 is 0 Å². The van der Waals surface area contributed by atoms with E-state index in [1.165, 1.54) is 5.56 Å². The predicted molar refractivity (Wildman–Crippen MR) is 72.0 cm³/mol. The molecule has 0 aliphatic rings. The number of hydrogen-bond acceptors (Lipinski definition) is 2. The van der Waals surface area contributed by atoms with Crippen LogP contribution in [0.1, 0.15) is 5.56 Å². The van der Waals surface area contributed by atoms with Gasteiger partial charge >= 0.3 is 0 Å². The highest BCUT2D eigenvalue weighted by molar-refractivity contribution is 5.74. The van der Waals surface area contributed by atoms with Crippen LogP contribution in [0.25, 0.3) is 22.5 Å². The summed E-state index contributed by atoms with van der Waals surface area (Å²) >= 11 is 0. The standard InChI is InChI=1S/C15H13N3/c1-11-12(14-7-2-3-8-17-14)5-4-6-13(11)15-9-16-10-18-15/h2-10H,1H3,(H,16,18). The number of aromatic nitrogens is 3. The lowest BCUT2D eigenvalue weighted by atomic mass is 9.98. The Morgan fingerprint density at radius 1 is 0.889 bits per heavy atom. The van der Waals surface area contributed by atoms with Gasteiger partial charge in [-0.3, -0.25) is 4.98 Å². The van der Waals surface area contributed by atoms with E-state index >= 15 is 0 Å². The van der Waals surface area contributed by atoms with E-state index in [1.807, 2.05) is 36.7 Å². The first-order valence-corrected chi connectivity index (χ1v) is 5.86. The second-order valence-corrected chi connectivity index (χ2v) is 4.15. The first-order valence-electron chi connectivity index (χ1n) is 5.86. The molecule has 3 aromatic rings. The van der Waals surface area contributed by atoms with Crippen LogP contribution in [0.3, 0.4) is 0 Å². The fourth-order valence-electron chi connectivity index (χ4n) is 2.12. The maximum absolute atomic E-state index is 4.40. The molecule has 1 aromatic carbocycles. The molecule has 2 heterocycles. The van der Waals surface area contributed by atoms with E-state index in [4.69, 9.17) is 0 Å². The van der Waals surface area contributed by atoms with Gasteiger partial charge in [-0.2, -0.15) is 0 Å². The monoisotopic (exact) mass is 235 g/mol. The Labute approximate surface area is 106 Å². The molecule has 0 saturated carbocycles. The summed E-state index contributed by atoms with van der Waals surface area (Å²) in [6, 6.07) is 12.2. The van der Waals surface area contributed by atoms with Crippen LogP contribution in [0.15, 0.2) is 55.1 Å². The van der Waals surface area contributed by atoms with Gasteiger partial charge in [0.25, 0.3) is 0 Å². The lowest BCUT2D eigenvalue weighted by molar-refractivity contribution is 1.29. The zero-order valence-electron chi connectivity index (χ0n) is 10.1. The summed E-state index contributed by atoms with van der Waals surface area (Å²) in [4.78, 5) is 11.7. The molecule has 3 rings (SSSR count). The van der Waals surface area contributed by atoms with Crippen LogP contribution in [-0.4, -0.2) is 15.0 Å². The van der Waals surface area contributed by atoms with Crippen LogP contribution < -0.4 is 0 Å². The Hall–Kier alpha value is -2.42. The first kappa shape index (κ1) is 10.7. The molecular formula is C15H13N3. The molecule has 0 bridgehead atoms. The van der Waals surface area contributed by atoms with Gasteiger partial charge in [0.05, 0.1) is 17.7 Å². The molecule has 88 valence electrons. The fourth-order valence-corrected chi connectivity index (χ4v) is 2.12. The van der Waals surface area contributed by atoms with Crippen molar-refractivity contribution >= 4 is 0 Å². The molecule has 0 radical (unpaired) electrons. The summed E-state index contributed by atoms with van der Waals surface area (Å²) in [6.45, 7) is 2.11. The van der Waals surface area contributed by atoms with Gasteiger partial charge in [0.15, 0.2) is 0 Å². The molecule has 2 aromatic heterocycles. The molecule has 0 aliphatic carbocycles. The van der Waals surface area contributed by atoms with Crippen LogP contribution in [0.2, 0.25) is 0 Å². The second kappa shape index (κ2) is 4.45. The third-order valence-electron chi connectivity index (χ3n) is 3.05. The van der Waals surface area contributed by atoms with E-state index < -0.39 is 0 Å². The van der Waals surface area contributed by atoms with Crippen molar-refractivity contribution in [2.24, 2.45) is 0 Å². The Balaban J connectivity index is 2.16. The van der Waals surface area contributed by atoms with Gasteiger partial charge in [0.1, 0.15) is 0 Å². The minimum absolute atomic E-state index is 0.963. The Bertz CT molecular complexity index is 643. The normalized spacial score (nSPS) is 10.5. The van der Waals surface area contributed by atoms with E-state index in [0.717, 1.165) is 22.5 Å². The number of pyridine rings is 1. The topological polar surface area (TPSA) is 41.6 Å². The fraction of sp³-hybridized carbons (Fsp3) is 0.0667. The average Bonchev–Trinajstić information content (AvgIpc) is 2.94. The minimum atomic E-state index is 0.963. The van der Waals surface area contributed by atoms with Crippen LogP contribution in [0.4, 0.5) is 0 Å². The quantitative estimate of drug-likeness (QED) is 0.739.